The van der Waals surface area contributed by atoms with Gasteiger partial charge in [0.25, 0.3) is 7.82 Å². The van der Waals surface area contributed by atoms with E-state index >= 15 is 0 Å². The van der Waals surface area contributed by atoms with Crippen LogP contribution in [0, 0.1) is 0 Å². The maximum Gasteiger partial charge on any atom is 0.306 e. The van der Waals surface area contributed by atoms with E-state index in [0.29, 0.717) is 17.4 Å². The van der Waals surface area contributed by atoms with E-state index < -0.39 is 26.5 Å². The summed E-state index contributed by atoms with van der Waals surface area (Å²) in [5, 5.41) is 0. The molecule has 0 fully saturated rings. The standard InChI is InChI=1S/C51H100NO8P/c1-6-8-10-12-14-16-18-20-22-23-24-25-26-27-28-30-31-33-35-37-39-41-43-50(53)57-47-49(48-59-61(55,56)58-46-45-52(3,4)5)60-51(54)44-42-40-38-36-34-32-29-21-19-17-15-13-11-9-7-2/h7,49H,2,6,8-48H2,1,3-5H3/t49-/m1/s1. The van der Waals surface area contributed by atoms with Crippen molar-refractivity contribution in [3.63, 3.8) is 0 Å². The highest BCUT2D eigenvalue weighted by molar-refractivity contribution is 7.45. The highest BCUT2D eigenvalue weighted by Gasteiger charge is 2.21. The molecule has 2 atom stereocenters. The molecule has 0 N–H and O–H groups in total. The van der Waals surface area contributed by atoms with Gasteiger partial charge < -0.3 is 27.9 Å². The Balaban J connectivity index is 4.15. The summed E-state index contributed by atoms with van der Waals surface area (Å²) >= 11 is 0. The van der Waals surface area contributed by atoms with E-state index in [2.05, 4.69) is 13.5 Å². The second-order valence-electron chi connectivity index (χ2n) is 19.0. The van der Waals surface area contributed by atoms with Crippen molar-refractivity contribution in [1.82, 2.24) is 0 Å². The van der Waals surface area contributed by atoms with E-state index in [0.717, 1.165) is 44.9 Å². The van der Waals surface area contributed by atoms with Gasteiger partial charge in [-0.1, -0.05) is 218 Å². The monoisotopic (exact) mass is 886 g/mol. The van der Waals surface area contributed by atoms with Crippen molar-refractivity contribution in [3.8, 4) is 0 Å². The van der Waals surface area contributed by atoms with E-state index in [1.165, 1.54) is 180 Å². The molecule has 362 valence electrons. The van der Waals surface area contributed by atoms with E-state index in [1.807, 2.05) is 27.2 Å². The molecule has 0 aliphatic rings. The predicted octanol–water partition coefficient (Wildman–Crippen LogP) is 14.7. The first-order valence-corrected chi connectivity index (χ1v) is 27.3. The Kier molecular flexibility index (Phi) is 43.1. The Labute approximate surface area is 377 Å². The van der Waals surface area contributed by atoms with Gasteiger partial charge in [0.15, 0.2) is 6.10 Å². The molecular weight excluding hydrogens is 786 g/mol. The minimum Gasteiger partial charge on any atom is -0.756 e. The van der Waals surface area contributed by atoms with Crippen molar-refractivity contribution in [2.45, 2.75) is 257 Å². The zero-order valence-electron chi connectivity index (χ0n) is 40.7. The van der Waals surface area contributed by atoms with E-state index in [9.17, 15) is 19.0 Å². The molecular formula is C51H100NO8P. The third-order valence-electron chi connectivity index (χ3n) is 11.7. The van der Waals surface area contributed by atoms with Gasteiger partial charge in [-0.2, -0.15) is 0 Å². The lowest BCUT2D eigenvalue weighted by Gasteiger charge is -2.28. The zero-order chi connectivity index (χ0) is 45.0. The van der Waals surface area contributed by atoms with Crippen molar-refractivity contribution < 1.29 is 42.1 Å². The number of nitrogens with zero attached hydrogens (tertiary/aromatic N) is 1. The van der Waals surface area contributed by atoms with Gasteiger partial charge in [-0.25, -0.2) is 0 Å². The number of hydrogen-bond acceptors (Lipinski definition) is 8. The average molecular weight is 886 g/mol. The van der Waals surface area contributed by atoms with Crippen molar-refractivity contribution >= 4 is 19.8 Å². The van der Waals surface area contributed by atoms with Crippen molar-refractivity contribution in [2.75, 3.05) is 47.5 Å². The lowest BCUT2D eigenvalue weighted by Crippen LogP contribution is -2.37. The number of ether oxygens (including phenoxy) is 2. The molecule has 0 bridgehead atoms. The lowest BCUT2D eigenvalue weighted by atomic mass is 10.0. The van der Waals surface area contributed by atoms with E-state index in [1.54, 1.807) is 0 Å². The van der Waals surface area contributed by atoms with Crippen LogP contribution in [0.15, 0.2) is 12.7 Å². The van der Waals surface area contributed by atoms with Gasteiger partial charge in [0.05, 0.1) is 27.7 Å². The smallest absolute Gasteiger partial charge is 0.306 e. The molecule has 0 aliphatic carbocycles. The zero-order valence-corrected chi connectivity index (χ0v) is 41.6. The fraction of sp³-hybridized carbons (Fsp3) is 0.922. The van der Waals surface area contributed by atoms with Crippen LogP contribution < -0.4 is 4.89 Å². The minimum absolute atomic E-state index is 0.0278. The maximum absolute atomic E-state index is 12.7. The minimum atomic E-state index is -4.62. The fourth-order valence-electron chi connectivity index (χ4n) is 7.64. The number of allylic oxidation sites excluding steroid dienone is 1. The SMILES string of the molecule is C=CCCCCCCCCCCCCCCCC(=O)O[C@H](COC(=O)CCCCCCCCCCCCCCCCCCCCCCCC)COP(=O)([O-])OCC[N+](C)(C)C. The van der Waals surface area contributed by atoms with E-state index in [4.69, 9.17) is 18.5 Å². The van der Waals surface area contributed by atoms with Crippen LogP contribution in [-0.2, 0) is 32.7 Å². The Bertz CT molecular complexity index is 1030. The number of carbonyl (C=O) groups excluding carboxylic acids is 2. The Hall–Kier alpha value is -1.25. The molecule has 0 saturated heterocycles. The van der Waals surface area contributed by atoms with Gasteiger partial charge in [0.1, 0.15) is 19.8 Å². The molecule has 0 heterocycles. The Morgan fingerprint density at radius 2 is 0.869 bits per heavy atom. The number of phosphoric ester groups is 1. The second-order valence-corrected chi connectivity index (χ2v) is 20.4. The molecule has 0 aromatic rings. The largest absolute Gasteiger partial charge is 0.756 e. The second kappa shape index (κ2) is 44.0. The number of unbranched alkanes of at least 4 members (excludes halogenated alkanes) is 34. The summed E-state index contributed by atoms with van der Waals surface area (Å²) in [6.45, 7) is 5.80. The van der Waals surface area contributed by atoms with Gasteiger partial charge >= 0.3 is 11.9 Å². The summed E-state index contributed by atoms with van der Waals surface area (Å²) in [7, 11) is 1.18. The van der Waals surface area contributed by atoms with Gasteiger partial charge in [-0.05, 0) is 25.7 Å². The lowest BCUT2D eigenvalue weighted by molar-refractivity contribution is -0.870. The first kappa shape index (κ1) is 59.8. The third-order valence-corrected chi connectivity index (χ3v) is 12.6. The molecule has 0 aromatic heterocycles. The van der Waals surface area contributed by atoms with Crippen LogP contribution in [0.3, 0.4) is 0 Å². The molecule has 0 rings (SSSR count). The normalized spacial score (nSPS) is 13.3. The van der Waals surface area contributed by atoms with Gasteiger partial charge in [0, 0.05) is 12.8 Å². The number of hydrogen-bond donors (Lipinski definition) is 0. The number of likely N-dealkylation sites (N-methyl/N-ethyl adjacent to an activating group) is 1. The molecule has 0 saturated carbocycles. The summed E-state index contributed by atoms with van der Waals surface area (Å²) in [5.74, 6) is -0.821. The van der Waals surface area contributed by atoms with Crippen LogP contribution in [0.5, 0.6) is 0 Å². The van der Waals surface area contributed by atoms with Crippen molar-refractivity contribution in [1.29, 1.82) is 0 Å². The fourth-order valence-corrected chi connectivity index (χ4v) is 8.37. The quantitative estimate of drug-likeness (QED) is 0.0195. The van der Waals surface area contributed by atoms with Crippen LogP contribution in [0.25, 0.3) is 0 Å². The van der Waals surface area contributed by atoms with Crippen LogP contribution in [-0.4, -0.2) is 70.0 Å². The molecule has 0 spiro atoms. The summed E-state index contributed by atoms with van der Waals surface area (Å²) in [5.41, 5.74) is 0. The maximum atomic E-state index is 12.7. The average Bonchev–Trinajstić information content (AvgIpc) is 3.21. The number of rotatable bonds is 49. The summed E-state index contributed by atoms with van der Waals surface area (Å²) in [6.07, 6.45) is 47.1. The Morgan fingerprint density at radius 1 is 0.525 bits per heavy atom. The summed E-state index contributed by atoms with van der Waals surface area (Å²) < 4.78 is 34.0. The predicted molar refractivity (Wildman–Crippen MR) is 255 cm³/mol. The molecule has 61 heavy (non-hydrogen) atoms. The van der Waals surface area contributed by atoms with Crippen LogP contribution >= 0.6 is 7.82 Å². The highest BCUT2D eigenvalue weighted by atomic mass is 31.2. The summed E-state index contributed by atoms with van der Waals surface area (Å²) in [4.78, 5) is 37.7. The van der Waals surface area contributed by atoms with Crippen LogP contribution in [0.1, 0.15) is 251 Å². The number of quaternary nitrogens is 1. The molecule has 9 nitrogen and oxygen atoms in total. The van der Waals surface area contributed by atoms with Gasteiger partial charge in [-0.15, -0.1) is 6.58 Å². The molecule has 0 aromatic carbocycles. The molecule has 1 unspecified atom stereocenters. The topological polar surface area (TPSA) is 111 Å². The number of phosphoric acid groups is 1. The summed E-state index contributed by atoms with van der Waals surface area (Å²) in [6, 6.07) is 0. The van der Waals surface area contributed by atoms with Crippen molar-refractivity contribution in [3.05, 3.63) is 12.7 Å². The van der Waals surface area contributed by atoms with E-state index in [-0.39, 0.29) is 32.0 Å². The van der Waals surface area contributed by atoms with Crippen molar-refractivity contribution in [2.24, 2.45) is 0 Å². The third kappa shape index (κ3) is 48.1. The number of esters is 2. The Morgan fingerprint density at radius 3 is 1.23 bits per heavy atom. The first-order chi connectivity index (χ1) is 29.5. The molecule has 0 amide bonds. The number of carbonyl (C=O) groups is 2. The van der Waals surface area contributed by atoms with Gasteiger partial charge in [0.2, 0.25) is 0 Å². The first-order valence-electron chi connectivity index (χ1n) is 25.9. The van der Waals surface area contributed by atoms with Crippen LogP contribution in [0.2, 0.25) is 0 Å². The molecule has 10 heteroatoms. The van der Waals surface area contributed by atoms with Gasteiger partial charge in [-0.3, -0.25) is 14.2 Å². The van der Waals surface area contributed by atoms with Crippen LogP contribution in [0.4, 0.5) is 0 Å². The molecule has 0 radical (unpaired) electrons. The highest BCUT2D eigenvalue weighted by Crippen LogP contribution is 2.38. The molecule has 0 aliphatic heterocycles.